The molecule has 0 aliphatic heterocycles. The Morgan fingerprint density at radius 2 is 1.88 bits per heavy atom. The van der Waals surface area contributed by atoms with E-state index in [0.29, 0.717) is 5.56 Å². The van der Waals surface area contributed by atoms with Crippen molar-refractivity contribution in [2.75, 3.05) is 0 Å². The Kier molecular flexibility index (Phi) is 4.65. The van der Waals surface area contributed by atoms with Gasteiger partial charge < -0.3 is 9.88 Å². The number of fused-ring (bicyclic) bond motifs is 1. The second-order valence-corrected chi connectivity index (χ2v) is 6.24. The number of rotatable bonds is 4. The Labute approximate surface area is 144 Å². The predicted octanol–water partition coefficient (Wildman–Crippen LogP) is 3.72. The summed E-state index contributed by atoms with van der Waals surface area (Å²) in [4.78, 5) is 29.2. The van der Waals surface area contributed by atoms with Crippen LogP contribution < -0.4 is 5.56 Å². The summed E-state index contributed by atoms with van der Waals surface area (Å²) in [6, 6.07) is 14.5. The molecule has 0 saturated heterocycles. The van der Waals surface area contributed by atoms with E-state index in [4.69, 9.17) is 0 Å². The highest BCUT2D eigenvalue weighted by Crippen LogP contribution is 2.19. The van der Waals surface area contributed by atoms with Crippen molar-refractivity contribution in [2.24, 2.45) is 0 Å². The molecule has 128 valence electrons. The number of aromatic amines is 1. The van der Waals surface area contributed by atoms with Gasteiger partial charge in [-0.2, -0.15) is 0 Å². The van der Waals surface area contributed by atoms with Crippen LogP contribution in [-0.2, 0) is 6.54 Å². The average molecular weight is 338 g/mol. The Balaban J connectivity index is 2.01. The maximum absolute atomic E-state index is 13.5. The standard InChI is InChI=1S/C20H19FN2O2/c1-13(2)23(20(25)14-6-5-7-16(21)10-14)12-15-11-19(24)22-18-9-4-3-8-17(15)18/h3-11,13H,12H2,1-2H3,(H,22,24). The first-order valence-corrected chi connectivity index (χ1v) is 8.13. The zero-order chi connectivity index (χ0) is 18.0. The molecule has 0 radical (unpaired) electrons. The van der Waals surface area contributed by atoms with Crippen LogP contribution in [0.15, 0.2) is 59.4 Å². The molecule has 5 heteroatoms. The maximum atomic E-state index is 13.5. The molecule has 1 heterocycles. The van der Waals surface area contributed by atoms with Crippen molar-refractivity contribution in [1.82, 2.24) is 9.88 Å². The predicted molar refractivity (Wildman–Crippen MR) is 96.0 cm³/mol. The van der Waals surface area contributed by atoms with E-state index in [0.717, 1.165) is 16.5 Å². The van der Waals surface area contributed by atoms with Gasteiger partial charge in [-0.05, 0) is 43.7 Å². The molecule has 0 aliphatic rings. The number of benzene rings is 2. The van der Waals surface area contributed by atoms with Crippen LogP contribution in [0.4, 0.5) is 4.39 Å². The average Bonchev–Trinajstić information content (AvgIpc) is 2.58. The topological polar surface area (TPSA) is 53.2 Å². The number of H-pyrrole nitrogens is 1. The van der Waals surface area contributed by atoms with Gasteiger partial charge in [0.1, 0.15) is 5.82 Å². The highest BCUT2D eigenvalue weighted by molar-refractivity contribution is 5.94. The summed E-state index contributed by atoms with van der Waals surface area (Å²) in [6.07, 6.45) is 0. The summed E-state index contributed by atoms with van der Waals surface area (Å²) in [5.41, 5.74) is 1.57. The van der Waals surface area contributed by atoms with Crippen LogP contribution in [0.2, 0.25) is 0 Å². The van der Waals surface area contributed by atoms with E-state index >= 15 is 0 Å². The van der Waals surface area contributed by atoms with Gasteiger partial charge in [0.15, 0.2) is 0 Å². The van der Waals surface area contributed by atoms with Crippen molar-refractivity contribution in [1.29, 1.82) is 0 Å². The highest BCUT2D eigenvalue weighted by atomic mass is 19.1. The van der Waals surface area contributed by atoms with Gasteiger partial charge in [0, 0.05) is 35.1 Å². The fourth-order valence-corrected chi connectivity index (χ4v) is 2.87. The van der Waals surface area contributed by atoms with Crippen LogP contribution in [0.3, 0.4) is 0 Å². The fourth-order valence-electron chi connectivity index (χ4n) is 2.87. The Morgan fingerprint density at radius 3 is 2.60 bits per heavy atom. The van der Waals surface area contributed by atoms with E-state index in [9.17, 15) is 14.0 Å². The smallest absolute Gasteiger partial charge is 0.254 e. The normalized spacial score (nSPS) is 11.0. The van der Waals surface area contributed by atoms with Gasteiger partial charge in [-0.25, -0.2) is 4.39 Å². The molecule has 0 saturated carbocycles. The first-order chi connectivity index (χ1) is 12.0. The lowest BCUT2D eigenvalue weighted by Gasteiger charge is -2.27. The van der Waals surface area contributed by atoms with Crippen LogP contribution in [0.5, 0.6) is 0 Å². The molecule has 3 rings (SSSR count). The molecule has 1 N–H and O–H groups in total. The molecule has 2 aromatic carbocycles. The van der Waals surface area contributed by atoms with Crippen LogP contribution >= 0.6 is 0 Å². The Hall–Kier alpha value is -2.95. The Bertz CT molecular complexity index is 979. The SMILES string of the molecule is CC(C)N(Cc1cc(=O)[nH]c2ccccc12)C(=O)c1cccc(F)c1. The second-order valence-electron chi connectivity index (χ2n) is 6.24. The molecule has 0 spiro atoms. The quantitative estimate of drug-likeness (QED) is 0.788. The van der Waals surface area contributed by atoms with Gasteiger partial charge in [-0.1, -0.05) is 24.3 Å². The number of aromatic nitrogens is 1. The number of amides is 1. The van der Waals surface area contributed by atoms with Crippen molar-refractivity contribution in [3.63, 3.8) is 0 Å². The summed E-state index contributed by atoms with van der Waals surface area (Å²) in [5.74, 6) is -0.713. The molecule has 0 fully saturated rings. The lowest BCUT2D eigenvalue weighted by molar-refractivity contribution is 0.0690. The first kappa shape index (κ1) is 16.9. The van der Waals surface area contributed by atoms with Crippen LogP contribution in [0.1, 0.15) is 29.8 Å². The number of nitrogens with zero attached hydrogens (tertiary/aromatic N) is 1. The molecule has 0 atom stereocenters. The van der Waals surface area contributed by atoms with Gasteiger partial charge in [-0.3, -0.25) is 9.59 Å². The van der Waals surface area contributed by atoms with E-state index in [1.54, 1.807) is 11.0 Å². The molecule has 3 aromatic rings. The van der Waals surface area contributed by atoms with E-state index < -0.39 is 5.82 Å². The van der Waals surface area contributed by atoms with Crippen molar-refractivity contribution < 1.29 is 9.18 Å². The number of carbonyl (C=O) groups is 1. The summed E-state index contributed by atoms with van der Waals surface area (Å²) in [7, 11) is 0. The molecule has 25 heavy (non-hydrogen) atoms. The van der Waals surface area contributed by atoms with Crippen molar-refractivity contribution in [3.05, 3.63) is 81.9 Å². The van der Waals surface area contributed by atoms with E-state index in [-0.39, 0.29) is 24.1 Å². The van der Waals surface area contributed by atoms with Crippen LogP contribution in [0.25, 0.3) is 10.9 Å². The number of para-hydroxylation sites is 1. The van der Waals surface area contributed by atoms with Crippen molar-refractivity contribution >= 4 is 16.8 Å². The van der Waals surface area contributed by atoms with Crippen molar-refractivity contribution in [2.45, 2.75) is 26.4 Å². The summed E-state index contributed by atoms with van der Waals surface area (Å²) in [5, 5.41) is 0.889. The van der Waals surface area contributed by atoms with Crippen LogP contribution in [0, 0.1) is 5.82 Å². The monoisotopic (exact) mass is 338 g/mol. The maximum Gasteiger partial charge on any atom is 0.254 e. The molecule has 4 nitrogen and oxygen atoms in total. The van der Waals surface area contributed by atoms with E-state index in [1.807, 2.05) is 38.1 Å². The summed E-state index contributed by atoms with van der Waals surface area (Å²) < 4.78 is 13.5. The molecule has 1 aromatic heterocycles. The van der Waals surface area contributed by atoms with Crippen molar-refractivity contribution in [3.8, 4) is 0 Å². The lowest BCUT2D eigenvalue weighted by Crippen LogP contribution is -2.36. The lowest BCUT2D eigenvalue weighted by atomic mass is 10.1. The van der Waals surface area contributed by atoms with E-state index in [1.165, 1.54) is 24.3 Å². The molecule has 0 bridgehead atoms. The molecular formula is C20H19FN2O2. The number of halogens is 1. The largest absolute Gasteiger partial charge is 0.332 e. The van der Waals surface area contributed by atoms with Gasteiger partial charge >= 0.3 is 0 Å². The molecule has 0 unspecified atom stereocenters. The molecule has 0 aliphatic carbocycles. The zero-order valence-corrected chi connectivity index (χ0v) is 14.1. The summed E-state index contributed by atoms with van der Waals surface area (Å²) >= 11 is 0. The zero-order valence-electron chi connectivity index (χ0n) is 14.1. The third-order valence-electron chi connectivity index (χ3n) is 4.13. The third-order valence-corrected chi connectivity index (χ3v) is 4.13. The number of hydrogen-bond acceptors (Lipinski definition) is 2. The van der Waals surface area contributed by atoms with Gasteiger partial charge in [-0.15, -0.1) is 0 Å². The minimum Gasteiger partial charge on any atom is -0.332 e. The number of carbonyl (C=O) groups excluding carboxylic acids is 1. The first-order valence-electron chi connectivity index (χ1n) is 8.13. The Morgan fingerprint density at radius 1 is 1.12 bits per heavy atom. The fraction of sp³-hybridized carbons (Fsp3) is 0.200. The van der Waals surface area contributed by atoms with Gasteiger partial charge in [0.2, 0.25) is 5.56 Å². The minimum absolute atomic E-state index is 0.103. The van der Waals surface area contributed by atoms with Gasteiger partial charge in [0.25, 0.3) is 5.91 Å². The minimum atomic E-state index is -0.448. The molecular weight excluding hydrogens is 319 g/mol. The second kappa shape index (κ2) is 6.89. The molecule has 1 amide bonds. The van der Waals surface area contributed by atoms with E-state index in [2.05, 4.69) is 4.98 Å². The van der Waals surface area contributed by atoms with Gasteiger partial charge in [0.05, 0.1) is 0 Å². The summed E-state index contributed by atoms with van der Waals surface area (Å²) in [6.45, 7) is 4.07. The number of pyridine rings is 1. The highest BCUT2D eigenvalue weighted by Gasteiger charge is 2.20. The van der Waals surface area contributed by atoms with Crippen LogP contribution in [-0.4, -0.2) is 21.8 Å². The number of nitrogens with one attached hydrogen (secondary N) is 1. The number of hydrogen-bond donors (Lipinski definition) is 1. The third kappa shape index (κ3) is 3.60.